The van der Waals surface area contributed by atoms with Crippen LogP contribution in [-0.4, -0.2) is 21.1 Å². The lowest BCUT2D eigenvalue weighted by molar-refractivity contribution is 0.707. The van der Waals surface area contributed by atoms with Crippen molar-refractivity contribution in [1.29, 1.82) is 0 Å². The van der Waals surface area contributed by atoms with Crippen LogP contribution >= 0.6 is 0 Å². The zero-order valence-corrected chi connectivity index (χ0v) is 8.44. The van der Waals surface area contributed by atoms with Crippen molar-refractivity contribution in [3.8, 4) is 0 Å². The van der Waals surface area contributed by atoms with Crippen LogP contribution in [0.2, 0.25) is 0 Å². The molecule has 2 rings (SSSR count). The standard InChI is InChI=1S/C10H14N4/c1-7-3-4-9-12-10(8(2)5-11)13-14(9)6-7/h3-4,6,8H,5,11H2,1-2H3. The molecule has 0 bridgehead atoms. The van der Waals surface area contributed by atoms with Crippen molar-refractivity contribution in [1.82, 2.24) is 14.6 Å². The van der Waals surface area contributed by atoms with Gasteiger partial charge in [-0.25, -0.2) is 9.50 Å². The van der Waals surface area contributed by atoms with Crippen molar-refractivity contribution in [2.75, 3.05) is 6.54 Å². The summed E-state index contributed by atoms with van der Waals surface area (Å²) < 4.78 is 1.80. The summed E-state index contributed by atoms with van der Waals surface area (Å²) >= 11 is 0. The van der Waals surface area contributed by atoms with Crippen molar-refractivity contribution in [2.24, 2.45) is 5.73 Å². The largest absolute Gasteiger partial charge is 0.330 e. The quantitative estimate of drug-likeness (QED) is 0.771. The minimum Gasteiger partial charge on any atom is -0.330 e. The second kappa shape index (κ2) is 3.38. The highest BCUT2D eigenvalue weighted by atomic mass is 15.3. The highest BCUT2D eigenvalue weighted by molar-refractivity contribution is 5.38. The van der Waals surface area contributed by atoms with E-state index >= 15 is 0 Å². The first-order valence-corrected chi connectivity index (χ1v) is 4.73. The Kier molecular flexibility index (Phi) is 2.21. The molecule has 4 heteroatoms. The van der Waals surface area contributed by atoms with Gasteiger partial charge in [0.05, 0.1) is 0 Å². The fourth-order valence-corrected chi connectivity index (χ4v) is 1.32. The van der Waals surface area contributed by atoms with E-state index in [1.807, 2.05) is 32.2 Å². The molecule has 0 aliphatic carbocycles. The molecule has 0 aliphatic heterocycles. The van der Waals surface area contributed by atoms with Crippen LogP contribution in [0.3, 0.4) is 0 Å². The molecule has 2 N–H and O–H groups in total. The molecule has 0 saturated heterocycles. The van der Waals surface area contributed by atoms with Crippen LogP contribution in [0, 0.1) is 6.92 Å². The van der Waals surface area contributed by atoms with Gasteiger partial charge >= 0.3 is 0 Å². The normalized spacial score (nSPS) is 13.4. The summed E-state index contributed by atoms with van der Waals surface area (Å²) in [5.41, 5.74) is 7.62. The van der Waals surface area contributed by atoms with Gasteiger partial charge in [0.15, 0.2) is 11.5 Å². The fourth-order valence-electron chi connectivity index (χ4n) is 1.32. The highest BCUT2D eigenvalue weighted by Gasteiger charge is 2.09. The first-order valence-electron chi connectivity index (χ1n) is 4.73. The van der Waals surface area contributed by atoms with Crippen molar-refractivity contribution in [2.45, 2.75) is 19.8 Å². The van der Waals surface area contributed by atoms with Crippen molar-refractivity contribution in [3.63, 3.8) is 0 Å². The number of pyridine rings is 1. The number of aromatic nitrogens is 3. The molecule has 2 aromatic heterocycles. The molecule has 2 heterocycles. The summed E-state index contributed by atoms with van der Waals surface area (Å²) in [6, 6.07) is 4.00. The summed E-state index contributed by atoms with van der Waals surface area (Å²) in [6.07, 6.45) is 1.97. The first kappa shape index (κ1) is 9.15. The molecular weight excluding hydrogens is 176 g/mol. The van der Waals surface area contributed by atoms with Gasteiger partial charge in [0.25, 0.3) is 0 Å². The number of hydrogen-bond donors (Lipinski definition) is 1. The van der Waals surface area contributed by atoms with Gasteiger partial charge in [0.1, 0.15) is 0 Å². The molecule has 0 spiro atoms. The predicted molar refractivity (Wildman–Crippen MR) is 55.2 cm³/mol. The number of rotatable bonds is 2. The minimum atomic E-state index is 0.218. The molecule has 0 fully saturated rings. The van der Waals surface area contributed by atoms with Crippen molar-refractivity contribution < 1.29 is 0 Å². The van der Waals surface area contributed by atoms with Gasteiger partial charge in [-0.15, -0.1) is 0 Å². The van der Waals surface area contributed by atoms with Crippen LogP contribution in [0.15, 0.2) is 18.3 Å². The third kappa shape index (κ3) is 1.48. The maximum atomic E-state index is 5.57. The third-order valence-corrected chi connectivity index (χ3v) is 2.29. The van der Waals surface area contributed by atoms with Crippen molar-refractivity contribution >= 4 is 5.65 Å². The summed E-state index contributed by atoms with van der Waals surface area (Å²) in [7, 11) is 0. The lowest BCUT2D eigenvalue weighted by atomic mass is 10.2. The summed E-state index contributed by atoms with van der Waals surface area (Å²) in [4.78, 5) is 4.40. The Morgan fingerprint density at radius 2 is 2.29 bits per heavy atom. The van der Waals surface area contributed by atoms with E-state index in [9.17, 15) is 0 Å². The summed E-state index contributed by atoms with van der Waals surface area (Å²) in [5.74, 6) is 1.04. The fraction of sp³-hybridized carbons (Fsp3) is 0.400. The van der Waals surface area contributed by atoms with Crippen LogP contribution in [0.25, 0.3) is 5.65 Å². The van der Waals surface area contributed by atoms with Gasteiger partial charge in [0, 0.05) is 18.7 Å². The van der Waals surface area contributed by atoms with Crippen LogP contribution in [0.4, 0.5) is 0 Å². The molecule has 1 atom stereocenters. The maximum absolute atomic E-state index is 5.57. The monoisotopic (exact) mass is 190 g/mol. The van der Waals surface area contributed by atoms with Crippen LogP contribution in [0.5, 0.6) is 0 Å². The second-order valence-corrected chi connectivity index (χ2v) is 3.62. The Labute approximate surface area is 82.8 Å². The molecule has 0 aromatic carbocycles. The van der Waals surface area contributed by atoms with Crippen LogP contribution < -0.4 is 5.73 Å². The third-order valence-electron chi connectivity index (χ3n) is 2.29. The summed E-state index contributed by atoms with van der Waals surface area (Å²) in [5, 5.41) is 4.37. The molecule has 0 radical (unpaired) electrons. The van der Waals surface area contributed by atoms with E-state index in [0.717, 1.165) is 11.5 Å². The Hall–Kier alpha value is -1.42. The molecule has 0 saturated carbocycles. The molecular formula is C10H14N4. The van der Waals surface area contributed by atoms with Crippen LogP contribution in [0.1, 0.15) is 24.2 Å². The van der Waals surface area contributed by atoms with Crippen molar-refractivity contribution in [3.05, 3.63) is 29.7 Å². The van der Waals surface area contributed by atoms with Gasteiger partial charge < -0.3 is 5.73 Å². The van der Waals surface area contributed by atoms with E-state index in [0.29, 0.717) is 6.54 Å². The number of fused-ring (bicyclic) bond motifs is 1. The van der Waals surface area contributed by atoms with E-state index in [1.165, 1.54) is 5.56 Å². The molecule has 0 amide bonds. The topological polar surface area (TPSA) is 56.2 Å². The van der Waals surface area contributed by atoms with Crippen LogP contribution in [-0.2, 0) is 0 Å². The number of hydrogen-bond acceptors (Lipinski definition) is 3. The van der Waals surface area contributed by atoms with E-state index in [2.05, 4.69) is 10.1 Å². The molecule has 14 heavy (non-hydrogen) atoms. The van der Waals surface area contributed by atoms with Gasteiger partial charge in [-0.1, -0.05) is 13.0 Å². The maximum Gasteiger partial charge on any atom is 0.155 e. The smallest absolute Gasteiger partial charge is 0.155 e. The molecule has 74 valence electrons. The zero-order valence-electron chi connectivity index (χ0n) is 8.44. The number of aryl methyl sites for hydroxylation is 1. The predicted octanol–water partition coefficient (Wildman–Crippen LogP) is 1.10. The van der Waals surface area contributed by atoms with E-state index in [1.54, 1.807) is 4.52 Å². The van der Waals surface area contributed by atoms with E-state index in [4.69, 9.17) is 5.73 Å². The average molecular weight is 190 g/mol. The highest BCUT2D eigenvalue weighted by Crippen LogP contribution is 2.11. The van der Waals surface area contributed by atoms with Gasteiger partial charge in [0.2, 0.25) is 0 Å². The minimum absolute atomic E-state index is 0.218. The van der Waals surface area contributed by atoms with Gasteiger partial charge in [-0.2, -0.15) is 5.10 Å². The Balaban J connectivity index is 2.51. The first-order chi connectivity index (χ1) is 6.70. The zero-order chi connectivity index (χ0) is 10.1. The Morgan fingerprint density at radius 3 is 3.00 bits per heavy atom. The number of nitrogens with zero attached hydrogens (tertiary/aromatic N) is 3. The summed E-state index contributed by atoms with van der Waals surface area (Å²) in [6.45, 7) is 4.64. The Bertz CT molecular complexity index is 446. The molecule has 4 nitrogen and oxygen atoms in total. The lowest BCUT2D eigenvalue weighted by Crippen LogP contribution is -2.10. The molecule has 1 unspecified atom stereocenters. The van der Waals surface area contributed by atoms with E-state index in [-0.39, 0.29) is 5.92 Å². The van der Waals surface area contributed by atoms with Gasteiger partial charge in [-0.05, 0) is 18.6 Å². The molecule has 0 aliphatic rings. The lowest BCUT2D eigenvalue weighted by Gasteiger charge is -1.99. The van der Waals surface area contributed by atoms with Gasteiger partial charge in [-0.3, -0.25) is 0 Å². The Morgan fingerprint density at radius 1 is 1.50 bits per heavy atom. The SMILES string of the molecule is Cc1ccc2nc(C(C)CN)nn2c1. The number of nitrogens with two attached hydrogens (primary N) is 1. The second-order valence-electron chi connectivity index (χ2n) is 3.62. The van der Waals surface area contributed by atoms with E-state index < -0.39 is 0 Å². The molecule has 2 aromatic rings. The average Bonchev–Trinajstić information content (AvgIpc) is 2.59.